The SMILES string of the molecule is CCC(C)C1NC(=O)C(C)N(CC2(C)CCCC2)C1=O. The summed E-state index contributed by atoms with van der Waals surface area (Å²) in [7, 11) is 0. The van der Waals surface area contributed by atoms with Crippen molar-refractivity contribution in [2.45, 2.75) is 71.9 Å². The van der Waals surface area contributed by atoms with Crippen LogP contribution in [0.1, 0.15) is 59.8 Å². The number of amides is 2. The predicted molar refractivity (Wildman–Crippen MR) is 79.1 cm³/mol. The third-order valence-corrected chi connectivity index (χ3v) is 5.27. The van der Waals surface area contributed by atoms with Crippen molar-refractivity contribution in [2.75, 3.05) is 6.54 Å². The van der Waals surface area contributed by atoms with E-state index in [4.69, 9.17) is 0 Å². The van der Waals surface area contributed by atoms with Crippen LogP contribution in [0, 0.1) is 11.3 Å². The highest BCUT2D eigenvalue weighted by molar-refractivity contribution is 5.96. The Morgan fingerprint density at radius 1 is 1.35 bits per heavy atom. The van der Waals surface area contributed by atoms with Gasteiger partial charge in [0.15, 0.2) is 0 Å². The van der Waals surface area contributed by atoms with Crippen LogP contribution in [0.15, 0.2) is 0 Å². The molecule has 1 N–H and O–H groups in total. The van der Waals surface area contributed by atoms with Gasteiger partial charge in [-0.2, -0.15) is 0 Å². The zero-order chi connectivity index (χ0) is 14.9. The van der Waals surface area contributed by atoms with Crippen LogP contribution in [0.25, 0.3) is 0 Å². The summed E-state index contributed by atoms with van der Waals surface area (Å²) in [5.41, 5.74) is 0.196. The maximum absolute atomic E-state index is 12.7. The summed E-state index contributed by atoms with van der Waals surface area (Å²) >= 11 is 0. The summed E-state index contributed by atoms with van der Waals surface area (Å²) in [6.45, 7) is 8.93. The number of hydrogen-bond donors (Lipinski definition) is 1. The van der Waals surface area contributed by atoms with Crippen LogP contribution in [0.5, 0.6) is 0 Å². The van der Waals surface area contributed by atoms with E-state index in [1.54, 1.807) is 0 Å². The van der Waals surface area contributed by atoms with Gasteiger partial charge in [-0.05, 0) is 31.1 Å². The number of rotatable bonds is 4. The number of carbonyl (C=O) groups is 2. The van der Waals surface area contributed by atoms with Crippen LogP contribution < -0.4 is 5.32 Å². The minimum Gasteiger partial charge on any atom is -0.342 e. The fourth-order valence-corrected chi connectivity index (χ4v) is 3.48. The van der Waals surface area contributed by atoms with Gasteiger partial charge in [0.1, 0.15) is 12.1 Å². The fraction of sp³-hybridized carbons (Fsp3) is 0.875. The van der Waals surface area contributed by atoms with E-state index in [0.29, 0.717) is 0 Å². The Morgan fingerprint density at radius 2 is 1.95 bits per heavy atom. The van der Waals surface area contributed by atoms with Crippen LogP contribution in [-0.4, -0.2) is 35.3 Å². The average molecular weight is 280 g/mol. The first-order chi connectivity index (χ1) is 9.38. The van der Waals surface area contributed by atoms with E-state index in [1.807, 2.05) is 18.7 Å². The molecule has 2 rings (SSSR count). The smallest absolute Gasteiger partial charge is 0.246 e. The third kappa shape index (κ3) is 2.84. The molecule has 1 aliphatic heterocycles. The molecular weight excluding hydrogens is 252 g/mol. The monoisotopic (exact) mass is 280 g/mol. The second-order valence-corrected chi connectivity index (χ2v) is 7.03. The van der Waals surface area contributed by atoms with Gasteiger partial charge in [0.05, 0.1) is 0 Å². The van der Waals surface area contributed by atoms with Gasteiger partial charge in [0.2, 0.25) is 11.8 Å². The average Bonchev–Trinajstić information content (AvgIpc) is 2.85. The molecule has 0 aromatic rings. The maximum atomic E-state index is 12.7. The lowest BCUT2D eigenvalue weighted by molar-refractivity contribution is -0.151. The highest BCUT2D eigenvalue weighted by Gasteiger charge is 2.43. The second kappa shape index (κ2) is 5.74. The molecule has 0 aromatic carbocycles. The molecule has 1 aliphatic carbocycles. The highest BCUT2D eigenvalue weighted by Crippen LogP contribution is 2.39. The quantitative estimate of drug-likeness (QED) is 0.859. The molecule has 3 atom stereocenters. The standard InChI is InChI=1S/C16H28N2O2/c1-5-11(2)13-15(20)18(12(3)14(19)17-13)10-16(4)8-6-7-9-16/h11-13H,5-10H2,1-4H3,(H,17,19). The molecule has 3 unspecified atom stereocenters. The molecule has 114 valence electrons. The van der Waals surface area contributed by atoms with Crippen molar-refractivity contribution in [3.05, 3.63) is 0 Å². The summed E-state index contributed by atoms with van der Waals surface area (Å²) < 4.78 is 0. The van der Waals surface area contributed by atoms with Crippen molar-refractivity contribution in [1.29, 1.82) is 0 Å². The van der Waals surface area contributed by atoms with Crippen LogP contribution in [0.3, 0.4) is 0 Å². The first-order valence-electron chi connectivity index (χ1n) is 7.99. The Hall–Kier alpha value is -1.06. The summed E-state index contributed by atoms with van der Waals surface area (Å²) in [6.07, 6.45) is 5.72. The van der Waals surface area contributed by atoms with Crippen molar-refractivity contribution >= 4 is 11.8 Å². The lowest BCUT2D eigenvalue weighted by Crippen LogP contribution is -2.65. The number of nitrogens with zero attached hydrogens (tertiary/aromatic N) is 1. The molecule has 2 aliphatic rings. The van der Waals surface area contributed by atoms with Gasteiger partial charge < -0.3 is 10.2 Å². The molecule has 0 spiro atoms. The van der Waals surface area contributed by atoms with Gasteiger partial charge in [-0.15, -0.1) is 0 Å². The van der Waals surface area contributed by atoms with Crippen LogP contribution in [0.2, 0.25) is 0 Å². The predicted octanol–water partition coefficient (Wildman–Crippen LogP) is 2.33. The van der Waals surface area contributed by atoms with Gasteiger partial charge in [0, 0.05) is 6.54 Å². The van der Waals surface area contributed by atoms with Gasteiger partial charge in [-0.25, -0.2) is 0 Å². The van der Waals surface area contributed by atoms with Crippen molar-refractivity contribution in [1.82, 2.24) is 10.2 Å². The van der Waals surface area contributed by atoms with E-state index in [2.05, 4.69) is 19.2 Å². The Morgan fingerprint density at radius 3 is 2.50 bits per heavy atom. The first kappa shape index (κ1) is 15.3. The summed E-state index contributed by atoms with van der Waals surface area (Å²) in [5, 5.41) is 2.90. The van der Waals surface area contributed by atoms with E-state index < -0.39 is 0 Å². The maximum Gasteiger partial charge on any atom is 0.246 e. The molecule has 1 saturated carbocycles. The van der Waals surface area contributed by atoms with Crippen LogP contribution >= 0.6 is 0 Å². The van der Waals surface area contributed by atoms with Crippen molar-refractivity contribution < 1.29 is 9.59 Å². The summed E-state index contributed by atoms with van der Waals surface area (Å²) in [6, 6.07) is -0.672. The van der Waals surface area contributed by atoms with Crippen LogP contribution in [-0.2, 0) is 9.59 Å². The zero-order valence-electron chi connectivity index (χ0n) is 13.2. The lowest BCUT2D eigenvalue weighted by atomic mass is 9.86. The molecule has 4 nitrogen and oxygen atoms in total. The minimum atomic E-state index is -0.339. The largest absolute Gasteiger partial charge is 0.342 e. The molecule has 20 heavy (non-hydrogen) atoms. The molecule has 4 heteroatoms. The molecule has 0 bridgehead atoms. The van der Waals surface area contributed by atoms with Crippen molar-refractivity contribution in [2.24, 2.45) is 11.3 Å². The Bertz CT molecular complexity index is 388. The minimum absolute atomic E-state index is 0.00324. The van der Waals surface area contributed by atoms with Crippen molar-refractivity contribution in [3.63, 3.8) is 0 Å². The third-order valence-electron chi connectivity index (χ3n) is 5.27. The van der Waals surface area contributed by atoms with E-state index in [-0.39, 0.29) is 35.2 Å². The molecule has 2 fully saturated rings. The number of nitrogens with one attached hydrogen (secondary N) is 1. The number of hydrogen-bond acceptors (Lipinski definition) is 2. The molecule has 0 radical (unpaired) electrons. The van der Waals surface area contributed by atoms with Gasteiger partial charge >= 0.3 is 0 Å². The number of carbonyl (C=O) groups excluding carboxylic acids is 2. The topological polar surface area (TPSA) is 49.4 Å². The van der Waals surface area contributed by atoms with Gasteiger partial charge in [-0.3, -0.25) is 9.59 Å². The second-order valence-electron chi connectivity index (χ2n) is 7.03. The molecule has 1 saturated heterocycles. The van der Waals surface area contributed by atoms with Gasteiger partial charge in [-0.1, -0.05) is 40.0 Å². The zero-order valence-corrected chi connectivity index (χ0v) is 13.2. The summed E-state index contributed by atoms with van der Waals surface area (Å²) in [4.78, 5) is 26.7. The Balaban J connectivity index is 2.15. The lowest BCUT2D eigenvalue weighted by Gasteiger charge is -2.42. The normalized spacial score (nSPS) is 31.3. The van der Waals surface area contributed by atoms with Gasteiger partial charge in [0.25, 0.3) is 0 Å². The van der Waals surface area contributed by atoms with E-state index in [1.165, 1.54) is 25.7 Å². The van der Waals surface area contributed by atoms with Crippen molar-refractivity contribution in [3.8, 4) is 0 Å². The first-order valence-corrected chi connectivity index (χ1v) is 7.99. The fourth-order valence-electron chi connectivity index (χ4n) is 3.48. The van der Waals surface area contributed by atoms with Crippen LogP contribution in [0.4, 0.5) is 0 Å². The molecule has 0 aromatic heterocycles. The van der Waals surface area contributed by atoms with E-state index in [0.717, 1.165) is 13.0 Å². The Labute approximate surface area is 122 Å². The molecular formula is C16H28N2O2. The van der Waals surface area contributed by atoms with E-state index in [9.17, 15) is 9.59 Å². The van der Waals surface area contributed by atoms with E-state index >= 15 is 0 Å². The number of piperazine rings is 1. The summed E-state index contributed by atoms with van der Waals surface area (Å²) in [5.74, 6) is 0.300. The molecule has 2 amide bonds. The molecule has 1 heterocycles. The highest BCUT2D eigenvalue weighted by atomic mass is 16.2. The Kier molecular flexibility index (Phi) is 4.40.